The van der Waals surface area contributed by atoms with E-state index in [1.807, 2.05) is 36.4 Å². The normalized spacial score (nSPS) is 11.0. The first-order chi connectivity index (χ1) is 16.6. The first-order valence-corrected chi connectivity index (χ1v) is 12.1. The van der Waals surface area contributed by atoms with Crippen LogP contribution in [-0.2, 0) is 13.0 Å². The zero-order valence-electron chi connectivity index (χ0n) is 20.1. The van der Waals surface area contributed by atoms with Crippen molar-refractivity contribution in [2.24, 2.45) is 0 Å². The Bertz CT molecular complexity index is 1230. The number of carbonyl (C=O) groups is 1. The highest BCUT2D eigenvalue weighted by atomic mass is 16.5. The monoisotopic (exact) mass is 455 g/mol. The third-order valence-electron chi connectivity index (χ3n) is 6.00. The predicted octanol–water partition coefficient (Wildman–Crippen LogP) is 5.87. The van der Waals surface area contributed by atoms with Crippen LogP contribution in [0.15, 0.2) is 72.8 Å². The summed E-state index contributed by atoms with van der Waals surface area (Å²) in [4.78, 5) is 17.1. The van der Waals surface area contributed by atoms with E-state index in [4.69, 9.17) is 9.72 Å². The van der Waals surface area contributed by atoms with Crippen LogP contribution in [0.5, 0.6) is 5.75 Å². The number of aryl methyl sites for hydroxylation is 4. The maximum atomic E-state index is 12.3. The van der Waals surface area contributed by atoms with E-state index in [1.165, 1.54) is 16.6 Å². The van der Waals surface area contributed by atoms with Crippen LogP contribution in [-0.4, -0.2) is 28.6 Å². The molecular weight excluding hydrogens is 422 g/mol. The molecule has 0 fully saturated rings. The number of nitrogens with zero attached hydrogens (tertiary/aromatic N) is 2. The highest BCUT2D eigenvalue weighted by Gasteiger charge is 2.11. The van der Waals surface area contributed by atoms with Gasteiger partial charge in [-0.15, -0.1) is 0 Å². The van der Waals surface area contributed by atoms with Crippen molar-refractivity contribution in [3.63, 3.8) is 0 Å². The Hall–Kier alpha value is -3.60. The summed E-state index contributed by atoms with van der Waals surface area (Å²) in [6.45, 7) is 6.43. The van der Waals surface area contributed by atoms with E-state index in [1.54, 1.807) is 0 Å². The van der Waals surface area contributed by atoms with Crippen LogP contribution in [0.3, 0.4) is 0 Å². The van der Waals surface area contributed by atoms with Gasteiger partial charge in [-0.1, -0.05) is 48.0 Å². The van der Waals surface area contributed by atoms with Gasteiger partial charge in [0.05, 0.1) is 17.6 Å². The fourth-order valence-electron chi connectivity index (χ4n) is 4.22. The van der Waals surface area contributed by atoms with Crippen LogP contribution < -0.4 is 10.1 Å². The summed E-state index contributed by atoms with van der Waals surface area (Å²) in [6.07, 6.45) is 3.66. The maximum absolute atomic E-state index is 12.3. The number of fused-ring (bicyclic) bond motifs is 1. The summed E-state index contributed by atoms with van der Waals surface area (Å²) < 4.78 is 8.33. The van der Waals surface area contributed by atoms with Crippen molar-refractivity contribution in [2.75, 3.05) is 13.2 Å². The molecule has 0 saturated carbocycles. The van der Waals surface area contributed by atoms with Gasteiger partial charge in [0.25, 0.3) is 5.91 Å². The fourth-order valence-corrected chi connectivity index (χ4v) is 4.22. The Morgan fingerprint density at radius 3 is 2.56 bits per heavy atom. The first-order valence-electron chi connectivity index (χ1n) is 12.1. The second-order valence-corrected chi connectivity index (χ2v) is 8.72. The molecule has 0 unspecified atom stereocenters. The van der Waals surface area contributed by atoms with Crippen molar-refractivity contribution in [3.05, 3.63) is 95.3 Å². The lowest BCUT2D eigenvalue weighted by molar-refractivity contribution is 0.0953. The van der Waals surface area contributed by atoms with Crippen molar-refractivity contribution < 1.29 is 9.53 Å². The predicted molar refractivity (Wildman–Crippen MR) is 137 cm³/mol. The maximum Gasteiger partial charge on any atom is 0.251 e. The van der Waals surface area contributed by atoms with Crippen molar-refractivity contribution in [1.82, 2.24) is 14.9 Å². The Morgan fingerprint density at radius 2 is 1.74 bits per heavy atom. The van der Waals surface area contributed by atoms with E-state index >= 15 is 0 Å². The number of unbranched alkanes of at least 4 members (excludes halogenated alkanes) is 1. The Labute approximate surface area is 201 Å². The van der Waals surface area contributed by atoms with E-state index < -0.39 is 0 Å². The highest BCUT2D eigenvalue weighted by molar-refractivity contribution is 5.94. The molecule has 0 aliphatic carbocycles. The number of nitrogens with one attached hydrogen (secondary N) is 1. The Balaban J connectivity index is 1.29. The van der Waals surface area contributed by atoms with Crippen molar-refractivity contribution >= 4 is 16.9 Å². The fraction of sp³-hybridized carbons (Fsp3) is 0.310. The van der Waals surface area contributed by atoms with E-state index in [2.05, 4.69) is 60.1 Å². The molecule has 1 N–H and O–H groups in total. The van der Waals surface area contributed by atoms with Gasteiger partial charge in [-0.05, 0) is 69.0 Å². The van der Waals surface area contributed by atoms with Gasteiger partial charge in [0.15, 0.2) is 0 Å². The van der Waals surface area contributed by atoms with Gasteiger partial charge >= 0.3 is 0 Å². The number of ether oxygens (including phenoxy) is 1. The summed E-state index contributed by atoms with van der Waals surface area (Å²) in [5.41, 5.74) is 5.32. The van der Waals surface area contributed by atoms with Gasteiger partial charge in [-0.25, -0.2) is 4.98 Å². The van der Waals surface area contributed by atoms with Crippen molar-refractivity contribution in [1.29, 1.82) is 0 Å². The van der Waals surface area contributed by atoms with E-state index in [9.17, 15) is 4.79 Å². The molecule has 1 aromatic heterocycles. The van der Waals surface area contributed by atoms with Crippen LogP contribution in [0.1, 0.15) is 46.6 Å². The lowest BCUT2D eigenvalue weighted by Gasteiger charge is -2.12. The molecule has 0 aliphatic heterocycles. The molecule has 0 spiro atoms. The number of hydrogen-bond acceptors (Lipinski definition) is 3. The third kappa shape index (κ3) is 6.04. The highest BCUT2D eigenvalue weighted by Crippen LogP contribution is 2.20. The average Bonchev–Trinajstić information content (AvgIpc) is 3.20. The molecular formula is C29H33N3O2. The second kappa shape index (κ2) is 11.5. The van der Waals surface area contributed by atoms with Crippen LogP contribution in [0.2, 0.25) is 0 Å². The standard InChI is InChI=1S/C29H33N3O2/c1-22-16-17-27(23(2)21-22)34-20-9-8-19-32-26-14-7-6-13-25(26)31-28(32)15-10-18-30-29(33)24-11-4-3-5-12-24/h3-7,11-14,16-17,21H,8-10,15,18-20H2,1-2H3,(H,30,33). The molecule has 0 atom stereocenters. The molecule has 1 heterocycles. The largest absolute Gasteiger partial charge is 0.493 e. The number of amides is 1. The lowest BCUT2D eigenvalue weighted by atomic mass is 10.1. The van der Waals surface area contributed by atoms with Gasteiger partial charge in [0, 0.05) is 25.1 Å². The molecule has 4 rings (SSSR count). The molecule has 0 aliphatic rings. The molecule has 1 amide bonds. The van der Waals surface area contributed by atoms with Crippen LogP contribution >= 0.6 is 0 Å². The van der Waals surface area contributed by atoms with Crippen LogP contribution in [0.4, 0.5) is 0 Å². The van der Waals surface area contributed by atoms with Crippen molar-refractivity contribution in [2.45, 2.75) is 46.1 Å². The van der Waals surface area contributed by atoms with Gasteiger partial charge in [-0.2, -0.15) is 0 Å². The van der Waals surface area contributed by atoms with Crippen molar-refractivity contribution in [3.8, 4) is 5.75 Å². The minimum absolute atomic E-state index is 0.0297. The van der Waals surface area contributed by atoms with Crippen LogP contribution in [0.25, 0.3) is 11.0 Å². The van der Waals surface area contributed by atoms with E-state index in [-0.39, 0.29) is 5.91 Å². The minimum Gasteiger partial charge on any atom is -0.493 e. The van der Waals surface area contributed by atoms with Gasteiger partial charge in [0.2, 0.25) is 0 Å². The average molecular weight is 456 g/mol. The number of rotatable bonds is 11. The first kappa shape index (κ1) is 23.6. The Kier molecular flexibility index (Phi) is 7.97. The summed E-state index contributed by atoms with van der Waals surface area (Å²) in [7, 11) is 0. The van der Waals surface area contributed by atoms with E-state index in [0.717, 1.165) is 49.3 Å². The number of imidazole rings is 1. The SMILES string of the molecule is Cc1ccc(OCCCCn2c(CCCNC(=O)c3ccccc3)nc3ccccc32)c(C)c1. The second-order valence-electron chi connectivity index (χ2n) is 8.72. The lowest BCUT2D eigenvalue weighted by Crippen LogP contribution is -2.24. The topological polar surface area (TPSA) is 56.1 Å². The molecule has 176 valence electrons. The van der Waals surface area contributed by atoms with Gasteiger partial charge < -0.3 is 14.6 Å². The summed E-state index contributed by atoms with van der Waals surface area (Å²) >= 11 is 0. The molecule has 0 bridgehead atoms. The van der Waals surface area contributed by atoms with Crippen LogP contribution in [0, 0.1) is 13.8 Å². The van der Waals surface area contributed by atoms with Gasteiger partial charge in [0.1, 0.15) is 11.6 Å². The summed E-state index contributed by atoms with van der Waals surface area (Å²) in [5.74, 6) is 2.01. The molecule has 4 aromatic rings. The quantitative estimate of drug-likeness (QED) is 0.288. The number of benzene rings is 3. The van der Waals surface area contributed by atoms with E-state index in [0.29, 0.717) is 18.7 Å². The summed E-state index contributed by atoms with van der Waals surface area (Å²) in [5, 5.41) is 3.01. The molecule has 0 radical (unpaired) electrons. The number of carbonyl (C=O) groups excluding carboxylic acids is 1. The number of para-hydroxylation sites is 2. The minimum atomic E-state index is -0.0297. The molecule has 3 aromatic carbocycles. The molecule has 0 saturated heterocycles. The number of hydrogen-bond donors (Lipinski definition) is 1. The molecule has 34 heavy (non-hydrogen) atoms. The summed E-state index contributed by atoms with van der Waals surface area (Å²) in [6, 6.07) is 23.9. The smallest absolute Gasteiger partial charge is 0.251 e. The molecule has 5 nitrogen and oxygen atoms in total. The zero-order chi connectivity index (χ0) is 23.8. The Morgan fingerprint density at radius 1 is 0.941 bits per heavy atom. The molecule has 5 heteroatoms. The van der Waals surface area contributed by atoms with Gasteiger partial charge in [-0.3, -0.25) is 4.79 Å². The number of aromatic nitrogens is 2. The third-order valence-corrected chi connectivity index (χ3v) is 6.00. The zero-order valence-corrected chi connectivity index (χ0v) is 20.1.